The molecule has 0 saturated carbocycles. The minimum absolute atomic E-state index is 0.105. The molecule has 0 bridgehead atoms. The first-order chi connectivity index (χ1) is 51.1. The number of rotatable bonds is 84. The van der Waals surface area contributed by atoms with Gasteiger partial charge in [0.2, 0.25) is 0 Å². The third-order valence-electron chi connectivity index (χ3n) is 20.7. The van der Waals surface area contributed by atoms with Gasteiger partial charge in [0, 0.05) is 25.7 Å². The van der Waals surface area contributed by atoms with Crippen LogP contribution in [0.1, 0.15) is 453 Å². The van der Waals surface area contributed by atoms with Crippen molar-refractivity contribution in [1.82, 2.24) is 0 Å². The second kappa shape index (κ2) is 75.7. The van der Waals surface area contributed by atoms with E-state index in [1.54, 1.807) is 0 Å². The molecule has 106 heavy (non-hydrogen) atoms. The molecule has 0 aromatic heterocycles. The molecule has 6 atom stereocenters. The van der Waals surface area contributed by atoms with Crippen LogP contribution in [0.2, 0.25) is 0 Å². The number of carbonyl (C=O) groups is 4. The van der Waals surface area contributed by atoms with Crippen LogP contribution in [0.15, 0.2) is 0 Å². The van der Waals surface area contributed by atoms with Crippen molar-refractivity contribution < 1.29 is 80.2 Å². The monoisotopic (exact) mass is 1550 g/mol. The lowest BCUT2D eigenvalue weighted by Crippen LogP contribution is -2.30. The van der Waals surface area contributed by atoms with E-state index in [4.69, 9.17) is 37.0 Å². The number of phosphoric acid groups is 2. The van der Waals surface area contributed by atoms with E-state index in [-0.39, 0.29) is 25.7 Å². The number of esters is 4. The Morgan fingerprint density at radius 1 is 0.264 bits per heavy atom. The van der Waals surface area contributed by atoms with E-state index >= 15 is 0 Å². The van der Waals surface area contributed by atoms with Crippen LogP contribution >= 0.6 is 15.6 Å². The SMILES string of the molecule is CCC(C)CCCCCCCCCCCCCCCCCCCCC(=O)OC[C@H](COP(=O)(O)OCC(O)COP(=O)(O)OC[C@@H](COC(=O)CCCCCCCCCC(C)C)OC(=O)CCCCCCCCCCCCC(C)C)OC(=O)CCCCCCCCCCCCCCCCCCCCC(C)C. The van der Waals surface area contributed by atoms with Crippen LogP contribution in [-0.4, -0.2) is 96.7 Å². The predicted molar refractivity (Wildman–Crippen MR) is 437 cm³/mol. The molecule has 0 rings (SSSR count). The van der Waals surface area contributed by atoms with Crippen molar-refractivity contribution in [2.75, 3.05) is 39.6 Å². The first-order valence-corrected chi connectivity index (χ1v) is 47.7. The average Bonchev–Trinajstić information content (AvgIpc) is 0.900. The summed E-state index contributed by atoms with van der Waals surface area (Å²) in [6.45, 7) is 14.3. The van der Waals surface area contributed by atoms with E-state index in [1.807, 2.05) is 0 Å². The number of carbonyl (C=O) groups excluding carboxylic acids is 4. The van der Waals surface area contributed by atoms with Gasteiger partial charge in [-0.05, 0) is 49.4 Å². The molecule has 0 aromatic rings. The van der Waals surface area contributed by atoms with Gasteiger partial charge in [-0.15, -0.1) is 0 Å². The Bertz CT molecular complexity index is 2060. The van der Waals surface area contributed by atoms with Gasteiger partial charge < -0.3 is 33.8 Å². The number of hydrogen-bond donors (Lipinski definition) is 3. The summed E-state index contributed by atoms with van der Waals surface area (Å²) in [6.07, 6.45) is 65.5. The maximum atomic E-state index is 13.2. The zero-order valence-corrected chi connectivity index (χ0v) is 71.9. The molecular weight excluding hydrogens is 1380 g/mol. The summed E-state index contributed by atoms with van der Waals surface area (Å²) < 4.78 is 68.9. The van der Waals surface area contributed by atoms with Crippen molar-refractivity contribution in [2.45, 2.75) is 472 Å². The number of ether oxygens (including phenoxy) is 4. The van der Waals surface area contributed by atoms with Gasteiger partial charge in [-0.1, -0.05) is 402 Å². The Kier molecular flexibility index (Phi) is 74.3. The van der Waals surface area contributed by atoms with Gasteiger partial charge in [0.25, 0.3) is 0 Å². The highest BCUT2D eigenvalue weighted by Gasteiger charge is 2.31. The highest BCUT2D eigenvalue weighted by Crippen LogP contribution is 2.45. The second-order valence-corrected chi connectivity index (χ2v) is 35.9. The summed E-state index contributed by atoms with van der Waals surface area (Å²) in [5.41, 5.74) is 0. The molecule has 0 heterocycles. The van der Waals surface area contributed by atoms with Crippen LogP contribution in [0.4, 0.5) is 0 Å². The largest absolute Gasteiger partial charge is 0.472 e. The lowest BCUT2D eigenvalue weighted by atomic mass is 9.99. The average molecular weight is 1550 g/mol. The number of unbranched alkanes of at least 4 members (excludes halogenated alkanes) is 49. The Balaban J connectivity index is 5.20. The van der Waals surface area contributed by atoms with Crippen LogP contribution in [0, 0.1) is 23.7 Å². The Morgan fingerprint density at radius 3 is 0.670 bits per heavy atom. The third-order valence-corrected chi connectivity index (χ3v) is 22.6. The highest BCUT2D eigenvalue weighted by atomic mass is 31.2. The number of hydrogen-bond acceptors (Lipinski definition) is 15. The Labute approximate surface area is 651 Å². The zero-order chi connectivity index (χ0) is 78.1. The molecule has 630 valence electrons. The van der Waals surface area contributed by atoms with E-state index in [2.05, 4.69) is 55.4 Å². The van der Waals surface area contributed by atoms with Crippen LogP contribution in [0.5, 0.6) is 0 Å². The number of phosphoric ester groups is 2. The molecule has 0 spiro atoms. The third kappa shape index (κ3) is 78.7. The summed E-state index contributed by atoms with van der Waals surface area (Å²) in [4.78, 5) is 73.2. The van der Waals surface area contributed by atoms with Crippen molar-refractivity contribution in [3.8, 4) is 0 Å². The second-order valence-electron chi connectivity index (χ2n) is 33.0. The van der Waals surface area contributed by atoms with Gasteiger partial charge in [0.15, 0.2) is 12.2 Å². The first-order valence-electron chi connectivity index (χ1n) is 44.7. The van der Waals surface area contributed by atoms with Gasteiger partial charge in [0.1, 0.15) is 19.3 Å². The quantitative estimate of drug-likeness (QED) is 0.0222. The van der Waals surface area contributed by atoms with Crippen LogP contribution in [0.3, 0.4) is 0 Å². The first kappa shape index (κ1) is 104. The predicted octanol–water partition coefficient (Wildman–Crippen LogP) is 26.3. The lowest BCUT2D eigenvalue weighted by Gasteiger charge is -2.21. The smallest absolute Gasteiger partial charge is 0.462 e. The van der Waals surface area contributed by atoms with Gasteiger partial charge >= 0.3 is 39.5 Å². The van der Waals surface area contributed by atoms with Crippen molar-refractivity contribution in [2.24, 2.45) is 23.7 Å². The molecule has 0 aliphatic carbocycles. The standard InChI is InChI=1S/C87H170O17P2/c1-9-80(8)66-58-50-42-34-27-23-19-15-11-13-16-20-24-28-35-43-51-59-67-84(89)97-73-82(103-86(91)69-61-53-44-36-29-25-21-17-12-10-14-18-22-26-32-39-47-55-63-77(2)3)75-101-105(93,94)99-71-81(88)72-100-106(95,96)102-76-83(74-98-85(90)68-60-52-46-38-41-49-57-65-79(6)7)104-87(92)70-62-54-45-37-31-30-33-40-48-56-64-78(4)5/h77-83,88H,9-76H2,1-8H3,(H,93,94)(H,95,96)/t80?,81?,82-,83-/m1/s1. The molecule has 0 aliphatic heterocycles. The molecule has 4 unspecified atom stereocenters. The van der Waals surface area contributed by atoms with Gasteiger partial charge in [-0.25, -0.2) is 9.13 Å². The molecule has 17 nitrogen and oxygen atoms in total. The zero-order valence-electron chi connectivity index (χ0n) is 70.1. The van der Waals surface area contributed by atoms with Crippen LogP contribution in [-0.2, 0) is 65.4 Å². The van der Waals surface area contributed by atoms with Gasteiger partial charge in [0.05, 0.1) is 26.4 Å². The fourth-order valence-electron chi connectivity index (χ4n) is 13.5. The summed E-state index contributed by atoms with van der Waals surface area (Å²) in [5.74, 6) is 1.04. The minimum Gasteiger partial charge on any atom is -0.462 e. The minimum atomic E-state index is -4.97. The van der Waals surface area contributed by atoms with E-state index in [1.165, 1.54) is 250 Å². The molecule has 19 heteroatoms. The van der Waals surface area contributed by atoms with Crippen LogP contribution in [0.25, 0.3) is 0 Å². The van der Waals surface area contributed by atoms with Crippen molar-refractivity contribution in [3.63, 3.8) is 0 Å². The fraction of sp³-hybridized carbons (Fsp3) is 0.954. The fourth-order valence-corrected chi connectivity index (χ4v) is 15.0. The molecule has 0 amide bonds. The molecule has 0 radical (unpaired) electrons. The van der Waals surface area contributed by atoms with Gasteiger partial charge in [-0.2, -0.15) is 0 Å². The lowest BCUT2D eigenvalue weighted by molar-refractivity contribution is -0.161. The van der Waals surface area contributed by atoms with Gasteiger partial charge in [-0.3, -0.25) is 37.3 Å². The molecule has 0 saturated heterocycles. The van der Waals surface area contributed by atoms with E-state index in [0.717, 1.165) is 114 Å². The molecular formula is C87H170O17P2. The maximum absolute atomic E-state index is 13.2. The maximum Gasteiger partial charge on any atom is 0.472 e. The van der Waals surface area contributed by atoms with Crippen LogP contribution < -0.4 is 0 Å². The molecule has 0 fully saturated rings. The Hall–Kier alpha value is -1.94. The number of aliphatic hydroxyl groups excluding tert-OH is 1. The number of aliphatic hydroxyl groups is 1. The summed E-state index contributed by atoms with van der Waals surface area (Å²) in [7, 11) is -9.93. The van der Waals surface area contributed by atoms with Crippen molar-refractivity contribution in [3.05, 3.63) is 0 Å². The molecule has 0 aliphatic rings. The summed E-state index contributed by atoms with van der Waals surface area (Å²) in [6, 6.07) is 0. The summed E-state index contributed by atoms with van der Waals surface area (Å²) in [5, 5.41) is 10.7. The van der Waals surface area contributed by atoms with E-state index in [9.17, 15) is 43.2 Å². The molecule has 3 N–H and O–H groups in total. The van der Waals surface area contributed by atoms with E-state index < -0.39 is 97.5 Å². The van der Waals surface area contributed by atoms with E-state index in [0.29, 0.717) is 31.6 Å². The highest BCUT2D eigenvalue weighted by molar-refractivity contribution is 7.47. The van der Waals surface area contributed by atoms with Crippen molar-refractivity contribution in [1.29, 1.82) is 0 Å². The Morgan fingerprint density at radius 2 is 0.453 bits per heavy atom. The molecule has 0 aromatic carbocycles. The topological polar surface area (TPSA) is 237 Å². The summed E-state index contributed by atoms with van der Waals surface area (Å²) >= 11 is 0. The normalized spacial score (nSPS) is 14.2. The van der Waals surface area contributed by atoms with Crippen molar-refractivity contribution >= 4 is 39.5 Å².